The summed E-state index contributed by atoms with van der Waals surface area (Å²) in [6.07, 6.45) is 3.86. The molecule has 1 saturated heterocycles. The van der Waals surface area contributed by atoms with Crippen LogP contribution >= 0.6 is 0 Å². The van der Waals surface area contributed by atoms with Crippen LogP contribution in [0.2, 0.25) is 0 Å². The van der Waals surface area contributed by atoms with E-state index in [4.69, 9.17) is 5.73 Å². The Balaban J connectivity index is 1.98. The van der Waals surface area contributed by atoms with Crippen LogP contribution in [0.1, 0.15) is 33.1 Å². The van der Waals surface area contributed by atoms with E-state index in [1.54, 1.807) is 0 Å². The van der Waals surface area contributed by atoms with E-state index < -0.39 is 0 Å². The van der Waals surface area contributed by atoms with Gasteiger partial charge in [-0.05, 0) is 45.2 Å². The summed E-state index contributed by atoms with van der Waals surface area (Å²) in [5.41, 5.74) is 6.41. The molecule has 100 valence electrons. The number of likely N-dealkylation sites (N-methyl/N-ethyl adjacent to an activating group) is 1. The predicted molar refractivity (Wildman–Crippen MR) is 73.0 cm³/mol. The van der Waals surface area contributed by atoms with Crippen molar-refractivity contribution in [3.63, 3.8) is 0 Å². The Morgan fingerprint density at radius 3 is 2.41 bits per heavy atom. The van der Waals surface area contributed by atoms with Gasteiger partial charge in [0.15, 0.2) is 0 Å². The van der Waals surface area contributed by atoms with Crippen LogP contribution in [0.5, 0.6) is 0 Å². The average molecular weight is 239 g/mol. The molecule has 1 aliphatic heterocycles. The van der Waals surface area contributed by atoms with Crippen LogP contribution in [0.15, 0.2) is 0 Å². The number of likely N-dealkylation sites (tertiary alicyclic amines) is 1. The molecule has 0 aromatic carbocycles. The minimum Gasteiger partial charge on any atom is -0.326 e. The molecule has 5 unspecified atom stereocenters. The minimum atomic E-state index is 0.384. The van der Waals surface area contributed by atoms with E-state index >= 15 is 0 Å². The second-order valence-electron chi connectivity index (χ2n) is 6.61. The third-order valence-corrected chi connectivity index (χ3v) is 4.82. The Bertz CT molecular complexity index is 242. The van der Waals surface area contributed by atoms with Gasteiger partial charge >= 0.3 is 0 Å². The minimum absolute atomic E-state index is 0.384. The molecule has 2 N–H and O–H groups in total. The van der Waals surface area contributed by atoms with Crippen LogP contribution in [-0.4, -0.2) is 55.1 Å². The topological polar surface area (TPSA) is 32.5 Å². The fourth-order valence-electron chi connectivity index (χ4n) is 3.99. The van der Waals surface area contributed by atoms with Gasteiger partial charge in [0.1, 0.15) is 0 Å². The standard InChI is InChI=1S/C14H29N3/c1-10-7-11(2)14(13(15)8-10)17-6-5-12(9-17)16(3)4/h10-14H,5-9,15H2,1-4H3. The van der Waals surface area contributed by atoms with Gasteiger partial charge in [-0.15, -0.1) is 0 Å². The first-order chi connectivity index (χ1) is 7.99. The third kappa shape index (κ3) is 2.83. The lowest BCUT2D eigenvalue weighted by atomic mass is 9.76. The molecule has 1 saturated carbocycles. The molecular weight excluding hydrogens is 210 g/mol. The summed E-state index contributed by atoms with van der Waals surface area (Å²) in [4.78, 5) is 5.02. The molecule has 1 heterocycles. The number of rotatable bonds is 2. The second-order valence-corrected chi connectivity index (χ2v) is 6.61. The van der Waals surface area contributed by atoms with Crippen LogP contribution in [-0.2, 0) is 0 Å². The van der Waals surface area contributed by atoms with E-state index in [0.717, 1.165) is 17.9 Å². The maximum atomic E-state index is 6.41. The molecule has 3 nitrogen and oxygen atoms in total. The van der Waals surface area contributed by atoms with Gasteiger partial charge in [-0.1, -0.05) is 13.8 Å². The van der Waals surface area contributed by atoms with Crippen LogP contribution in [0.3, 0.4) is 0 Å². The molecule has 0 spiro atoms. The first-order valence-corrected chi connectivity index (χ1v) is 7.15. The van der Waals surface area contributed by atoms with E-state index in [1.165, 1.54) is 32.4 Å². The first-order valence-electron chi connectivity index (χ1n) is 7.15. The van der Waals surface area contributed by atoms with E-state index in [-0.39, 0.29) is 0 Å². The summed E-state index contributed by atoms with van der Waals surface area (Å²) in [6.45, 7) is 7.19. The second kappa shape index (κ2) is 5.25. The molecule has 2 rings (SSSR count). The summed E-state index contributed by atoms with van der Waals surface area (Å²) in [5.74, 6) is 1.57. The van der Waals surface area contributed by atoms with Crippen LogP contribution < -0.4 is 5.73 Å². The van der Waals surface area contributed by atoms with Crippen molar-refractivity contribution in [3.05, 3.63) is 0 Å². The number of hydrogen-bond donors (Lipinski definition) is 1. The van der Waals surface area contributed by atoms with Gasteiger partial charge in [-0.3, -0.25) is 4.90 Å². The highest BCUT2D eigenvalue weighted by atomic mass is 15.3. The van der Waals surface area contributed by atoms with E-state index in [1.807, 2.05) is 0 Å². The van der Waals surface area contributed by atoms with Crippen molar-refractivity contribution in [1.29, 1.82) is 0 Å². The fourth-order valence-corrected chi connectivity index (χ4v) is 3.99. The molecule has 17 heavy (non-hydrogen) atoms. The van der Waals surface area contributed by atoms with Crippen molar-refractivity contribution in [2.75, 3.05) is 27.2 Å². The molecular formula is C14H29N3. The highest BCUT2D eigenvalue weighted by Crippen LogP contribution is 2.33. The zero-order valence-electron chi connectivity index (χ0n) is 11.9. The third-order valence-electron chi connectivity index (χ3n) is 4.82. The quantitative estimate of drug-likeness (QED) is 0.790. The zero-order chi connectivity index (χ0) is 12.6. The van der Waals surface area contributed by atoms with Crippen molar-refractivity contribution in [2.24, 2.45) is 17.6 Å². The summed E-state index contributed by atoms with van der Waals surface area (Å²) in [6, 6.07) is 1.74. The molecule has 2 aliphatic rings. The maximum absolute atomic E-state index is 6.41. The van der Waals surface area contributed by atoms with Crippen LogP contribution in [0.25, 0.3) is 0 Å². The Morgan fingerprint density at radius 2 is 1.88 bits per heavy atom. The van der Waals surface area contributed by atoms with E-state index in [2.05, 4.69) is 37.7 Å². The lowest BCUT2D eigenvalue weighted by molar-refractivity contribution is 0.0893. The van der Waals surface area contributed by atoms with Gasteiger partial charge in [0, 0.05) is 31.2 Å². The molecule has 3 heteroatoms. The van der Waals surface area contributed by atoms with Crippen LogP contribution in [0.4, 0.5) is 0 Å². The first kappa shape index (κ1) is 13.3. The Hall–Kier alpha value is -0.120. The summed E-state index contributed by atoms with van der Waals surface area (Å²) in [5, 5.41) is 0. The molecule has 0 amide bonds. The molecule has 0 aromatic heterocycles. The summed E-state index contributed by atoms with van der Waals surface area (Å²) < 4.78 is 0. The lowest BCUT2D eigenvalue weighted by Gasteiger charge is -2.43. The van der Waals surface area contributed by atoms with E-state index in [9.17, 15) is 0 Å². The number of nitrogens with two attached hydrogens (primary N) is 1. The van der Waals surface area contributed by atoms with Gasteiger partial charge in [0.25, 0.3) is 0 Å². The number of hydrogen-bond acceptors (Lipinski definition) is 3. The monoisotopic (exact) mass is 239 g/mol. The summed E-state index contributed by atoms with van der Waals surface area (Å²) in [7, 11) is 4.39. The zero-order valence-corrected chi connectivity index (χ0v) is 11.9. The molecule has 0 aromatic rings. The Labute approximate surface area is 106 Å². The van der Waals surface area contributed by atoms with Crippen LogP contribution in [0, 0.1) is 11.8 Å². The largest absolute Gasteiger partial charge is 0.326 e. The van der Waals surface area contributed by atoms with Crippen molar-refractivity contribution >= 4 is 0 Å². The number of nitrogens with zero attached hydrogens (tertiary/aromatic N) is 2. The molecule has 0 bridgehead atoms. The Kier molecular flexibility index (Phi) is 4.11. The van der Waals surface area contributed by atoms with Gasteiger partial charge in [-0.25, -0.2) is 0 Å². The molecule has 5 atom stereocenters. The van der Waals surface area contributed by atoms with Crippen molar-refractivity contribution in [2.45, 2.75) is 51.2 Å². The van der Waals surface area contributed by atoms with Crippen molar-refractivity contribution in [3.8, 4) is 0 Å². The average Bonchev–Trinajstić information content (AvgIpc) is 2.65. The lowest BCUT2D eigenvalue weighted by Crippen LogP contribution is -2.54. The van der Waals surface area contributed by atoms with Gasteiger partial charge < -0.3 is 10.6 Å². The SMILES string of the molecule is CC1CC(C)C(N2CCC(N(C)C)C2)C(N)C1. The Morgan fingerprint density at radius 1 is 1.18 bits per heavy atom. The fraction of sp³-hybridized carbons (Fsp3) is 1.00. The van der Waals surface area contributed by atoms with E-state index in [0.29, 0.717) is 12.1 Å². The smallest absolute Gasteiger partial charge is 0.0273 e. The summed E-state index contributed by atoms with van der Waals surface area (Å²) >= 11 is 0. The normalized spacial score (nSPS) is 44.5. The highest BCUT2D eigenvalue weighted by molar-refractivity contribution is 4.96. The van der Waals surface area contributed by atoms with Crippen molar-refractivity contribution < 1.29 is 0 Å². The highest BCUT2D eigenvalue weighted by Gasteiger charge is 2.38. The van der Waals surface area contributed by atoms with Gasteiger partial charge in [-0.2, -0.15) is 0 Å². The van der Waals surface area contributed by atoms with Gasteiger partial charge in [0.2, 0.25) is 0 Å². The molecule has 1 aliphatic carbocycles. The van der Waals surface area contributed by atoms with Gasteiger partial charge in [0.05, 0.1) is 0 Å². The molecule has 2 fully saturated rings. The van der Waals surface area contributed by atoms with Crippen molar-refractivity contribution in [1.82, 2.24) is 9.80 Å². The predicted octanol–water partition coefficient (Wildman–Crippen LogP) is 1.38. The maximum Gasteiger partial charge on any atom is 0.0273 e. The molecule has 0 radical (unpaired) electrons.